The van der Waals surface area contributed by atoms with E-state index in [2.05, 4.69) is 29.0 Å². The van der Waals surface area contributed by atoms with Gasteiger partial charge in [0.05, 0.1) is 27.4 Å². The van der Waals surface area contributed by atoms with Crippen molar-refractivity contribution < 1.29 is 23.4 Å². The minimum Gasteiger partial charge on any atom is -0.493 e. The lowest BCUT2D eigenvalue weighted by Gasteiger charge is -2.26. The number of carbonyl (C=O) groups excluding carboxylic acids is 1. The Kier molecular flexibility index (Phi) is 8.28. The molecule has 0 saturated heterocycles. The van der Waals surface area contributed by atoms with Crippen molar-refractivity contribution in [3.05, 3.63) is 41.6 Å². The van der Waals surface area contributed by atoms with Gasteiger partial charge in [-0.15, -0.1) is 0 Å². The highest BCUT2D eigenvalue weighted by Crippen LogP contribution is 2.32. The maximum Gasteiger partial charge on any atom is 0.273 e. The molecule has 8 nitrogen and oxygen atoms in total. The van der Waals surface area contributed by atoms with Crippen molar-refractivity contribution in [3.63, 3.8) is 0 Å². The molecule has 0 unspecified atom stereocenters. The van der Waals surface area contributed by atoms with Gasteiger partial charge in [0.15, 0.2) is 17.2 Å². The summed E-state index contributed by atoms with van der Waals surface area (Å²) in [6.45, 7) is 6.13. The minimum absolute atomic E-state index is 0.224. The molecule has 154 valence electrons. The number of nitrogens with one attached hydrogen (secondary N) is 1. The topological polar surface area (TPSA) is 86.1 Å². The Balaban J connectivity index is 2.09. The molecule has 1 aromatic heterocycles. The molecule has 0 aliphatic heterocycles. The monoisotopic (exact) mass is 391 g/mol. The van der Waals surface area contributed by atoms with Crippen LogP contribution in [0.3, 0.4) is 0 Å². The van der Waals surface area contributed by atoms with Crippen LogP contribution in [-0.4, -0.2) is 56.3 Å². The smallest absolute Gasteiger partial charge is 0.273 e. The summed E-state index contributed by atoms with van der Waals surface area (Å²) in [6, 6.07) is 6.02. The first-order valence-corrected chi connectivity index (χ1v) is 9.15. The Bertz CT molecular complexity index is 760. The van der Waals surface area contributed by atoms with Gasteiger partial charge in [0.2, 0.25) is 5.89 Å². The van der Waals surface area contributed by atoms with Gasteiger partial charge in [-0.05, 0) is 19.9 Å². The lowest BCUT2D eigenvalue weighted by molar-refractivity contribution is 0.0932. The van der Waals surface area contributed by atoms with Gasteiger partial charge in [-0.2, -0.15) is 0 Å². The fourth-order valence-corrected chi connectivity index (χ4v) is 2.74. The summed E-state index contributed by atoms with van der Waals surface area (Å²) in [6.07, 6.45) is 1.38. The van der Waals surface area contributed by atoms with Gasteiger partial charge >= 0.3 is 0 Å². The third-order valence-corrected chi connectivity index (χ3v) is 4.30. The molecule has 0 spiro atoms. The molecule has 0 fully saturated rings. The average Bonchev–Trinajstić information content (AvgIpc) is 3.16. The Hall–Kier alpha value is -2.58. The Labute approximate surface area is 165 Å². The molecule has 0 aliphatic rings. The fourth-order valence-electron chi connectivity index (χ4n) is 2.74. The molecule has 0 saturated carbocycles. The molecule has 0 radical (unpaired) electrons. The molecule has 1 heterocycles. The maximum absolute atomic E-state index is 12.1. The van der Waals surface area contributed by atoms with Crippen LogP contribution in [0.25, 0.3) is 0 Å². The molecule has 8 heteroatoms. The highest BCUT2D eigenvalue weighted by molar-refractivity contribution is 5.91. The molecular formula is C20H29N3O5. The summed E-state index contributed by atoms with van der Waals surface area (Å²) in [4.78, 5) is 18.6. The molecule has 0 bridgehead atoms. The number of aromatic nitrogens is 1. The van der Waals surface area contributed by atoms with E-state index in [-0.39, 0.29) is 17.6 Å². The summed E-state index contributed by atoms with van der Waals surface area (Å²) in [5, 5.41) is 2.73. The summed E-state index contributed by atoms with van der Waals surface area (Å²) >= 11 is 0. The molecule has 2 rings (SSSR count). The first-order chi connectivity index (χ1) is 13.5. The van der Waals surface area contributed by atoms with Gasteiger partial charge in [0.1, 0.15) is 6.26 Å². The Morgan fingerprint density at radius 1 is 1.21 bits per heavy atom. The average molecular weight is 391 g/mol. The van der Waals surface area contributed by atoms with Gasteiger partial charge in [-0.3, -0.25) is 9.69 Å². The van der Waals surface area contributed by atoms with Gasteiger partial charge in [-0.1, -0.05) is 12.1 Å². The van der Waals surface area contributed by atoms with Gasteiger partial charge in [0.25, 0.3) is 5.91 Å². The first-order valence-electron chi connectivity index (χ1n) is 9.15. The lowest BCUT2D eigenvalue weighted by Crippen LogP contribution is -2.30. The Morgan fingerprint density at radius 2 is 2.00 bits per heavy atom. The highest BCUT2D eigenvalue weighted by Gasteiger charge is 2.19. The first kappa shape index (κ1) is 21.7. The van der Waals surface area contributed by atoms with Crippen molar-refractivity contribution in [2.75, 3.05) is 34.5 Å². The minimum atomic E-state index is -0.280. The van der Waals surface area contributed by atoms with Crippen LogP contribution in [0.5, 0.6) is 11.5 Å². The predicted molar refractivity (Wildman–Crippen MR) is 105 cm³/mol. The van der Waals surface area contributed by atoms with E-state index in [1.165, 1.54) is 6.26 Å². The molecule has 1 N–H and O–H groups in total. The zero-order valence-electron chi connectivity index (χ0n) is 17.2. The van der Waals surface area contributed by atoms with Crippen LogP contribution in [-0.2, 0) is 17.8 Å². The second-order valence-electron chi connectivity index (χ2n) is 6.53. The quantitative estimate of drug-likeness (QED) is 0.589. The molecule has 2 aromatic rings. The number of oxazole rings is 1. The van der Waals surface area contributed by atoms with Crippen molar-refractivity contribution in [3.8, 4) is 11.5 Å². The number of hydrogen-bond donors (Lipinski definition) is 1. The summed E-state index contributed by atoms with van der Waals surface area (Å²) in [7, 11) is 4.83. The predicted octanol–water partition coefficient (Wildman–Crippen LogP) is 2.48. The van der Waals surface area contributed by atoms with Gasteiger partial charge < -0.3 is 23.9 Å². The molecular weight excluding hydrogens is 362 g/mol. The summed E-state index contributed by atoms with van der Waals surface area (Å²) in [5.74, 6) is 1.60. The summed E-state index contributed by atoms with van der Waals surface area (Å²) in [5.41, 5.74) is 1.26. The van der Waals surface area contributed by atoms with Crippen LogP contribution in [0.2, 0.25) is 0 Å². The van der Waals surface area contributed by atoms with Gasteiger partial charge in [0, 0.05) is 31.8 Å². The number of hydrogen-bond acceptors (Lipinski definition) is 7. The number of amides is 1. The highest BCUT2D eigenvalue weighted by atomic mass is 16.5. The second-order valence-corrected chi connectivity index (χ2v) is 6.53. The van der Waals surface area contributed by atoms with Crippen LogP contribution in [0.15, 0.2) is 28.9 Å². The van der Waals surface area contributed by atoms with Crippen molar-refractivity contribution in [2.24, 2.45) is 0 Å². The molecule has 28 heavy (non-hydrogen) atoms. The number of rotatable bonds is 11. The van der Waals surface area contributed by atoms with Crippen molar-refractivity contribution >= 4 is 5.91 Å². The third-order valence-electron chi connectivity index (χ3n) is 4.30. The van der Waals surface area contributed by atoms with E-state index in [4.69, 9.17) is 18.6 Å². The van der Waals surface area contributed by atoms with Gasteiger partial charge in [-0.25, -0.2) is 4.98 Å². The maximum atomic E-state index is 12.1. The van der Waals surface area contributed by atoms with E-state index in [1.807, 2.05) is 18.2 Å². The normalized spacial score (nSPS) is 11.1. The molecule has 0 aliphatic carbocycles. The molecule has 1 amide bonds. The second kappa shape index (κ2) is 10.7. The van der Waals surface area contributed by atoms with Crippen molar-refractivity contribution in [1.82, 2.24) is 15.2 Å². The fraction of sp³-hybridized carbons (Fsp3) is 0.500. The molecule has 1 aromatic carbocycles. The van der Waals surface area contributed by atoms with Crippen LogP contribution in [0.4, 0.5) is 0 Å². The van der Waals surface area contributed by atoms with Crippen LogP contribution >= 0.6 is 0 Å². The Morgan fingerprint density at radius 3 is 2.64 bits per heavy atom. The largest absolute Gasteiger partial charge is 0.493 e. The standard InChI is InChI=1S/C20H29N3O5/c1-14(2)23(11-15-7-6-8-17(26-4)19(15)27-5)12-18-22-16(13-28-18)20(24)21-9-10-25-3/h6-8,13-14H,9-12H2,1-5H3,(H,21,24). The van der Waals surface area contributed by atoms with E-state index in [9.17, 15) is 4.79 Å². The van der Waals surface area contributed by atoms with Crippen LogP contribution < -0.4 is 14.8 Å². The number of nitrogens with zero attached hydrogens (tertiary/aromatic N) is 2. The van der Waals surface area contributed by atoms with Crippen molar-refractivity contribution in [2.45, 2.75) is 33.0 Å². The van der Waals surface area contributed by atoms with Crippen LogP contribution in [0.1, 0.15) is 35.8 Å². The zero-order chi connectivity index (χ0) is 20.5. The third kappa shape index (κ3) is 5.71. The van der Waals surface area contributed by atoms with Crippen LogP contribution in [0, 0.1) is 0 Å². The number of ether oxygens (including phenoxy) is 3. The van der Waals surface area contributed by atoms with E-state index in [0.717, 1.165) is 5.56 Å². The zero-order valence-corrected chi connectivity index (χ0v) is 17.2. The van der Waals surface area contributed by atoms with E-state index in [1.54, 1.807) is 21.3 Å². The summed E-state index contributed by atoms with van der Waals surface area (Å²) < 4.78 is 21.3. The number of carbonyl (C=O) groups is 1. The lowest BCUT2D eigenvalue weighted by atomic mass is 10.1. The molecule has 0 atom stereocenters. The van der Waals surface area contributed by atoms with E-state index < -0.39 is 0 Å². The van der Waals surface area contributed by atoms with Crippen molar-refractivity contribution in [1.29, 1.82) is 0 Å². The van der Waals surface area contributed by atoms with E-state index >= 15 is 0 Å². The SMILES string of the molecule is COCCNC(=O)c1coc(CN(Cc2cccc(OC)c2OC)C(C)C)n1. The number of para-hydroxylation sites is 1. The number of benzene rings is 1. The van der Waals surface area contributed by atoms with E-state index in [0.29, 0.717) is 43.6 Å². The number of methoxy groups -OCH3 is 3.